The lowest BCUT2D eigenvalue weighted by molar-refractivity contribution is -0.131. The highest BCUT2D eigenvalue weighted by Crippen LogP contribution is 2.27. The first-order valence-corrected chi connectivity index (χ1v) is 8.32. The molecule has 1 aromatic carbocycles. The molecular formula is C18H25N3O2. The number of nitrogens with zero attached hydrogens (tertiary/aromatic N) is 2. The fourth-order valence-electron chi connectivity index (χ4n) is 3.45. The zero-order valence-corrected chi connectivity index (χ0v) is 14.1. The van der Waals surface area contributed by atoms with E-state index in [2.05, 4.69) is 11.4 Å². The molecule has 0 spiro atoms. The number of benzene rings is 1. The molecule has 1 aromatic rings. The lowest BCUT2D eigenvalue weighted by Crippen LogP contribution is -2.49. The van der Waals surface area contributed by atoms with E-state index >= 15 is 0 Å². The van der Waals surface area contributed by atoms with Crippen molar-refractivity contribution in [2.24, 2.45) is 0 Å². The molecule has 3 amide bonds. The molecule has 0 radical (unpaired) electrons. The van der Waals surface area contributed by atoms with Crippen LogP contribution in [-0.4, -0.2) is 41.5 Å². The summed E-state index contributed by atoms with van der Waals surface area (Å²) in [6, 6.07) is 7.85. The smallest absolute Gasteiger partial charge is 0.322 e. The number of carbonyl (C=O) groups is 2. The SMILES string of the molecule is CC(C)(C)N1CC(NC(=O)N2CCCc3ccccc32)CC1=O. The number of nitrogens with one attached hydrogen (secondary N) is 1. The maximum absolute atomic E-state index is 12.7. The number of anilines is 1. The van der Waals surface area contributed by atoms with Crippen LogP contribution >= 0.6 is 0 Å². The van der Waals surface area contributed by atoms with E-state index in [4.69, 9.17) is 0 Å². The van der Waals surface area contributed by atoms with Crippen molar-refractivity contribution < 1.29 is 9.59 Å². The number of fused-ring (bicyclic) bond motifs is 1. The first kappa shape index (κ1) is 15.8. The van der Waals surface area contributed by atoms with Gasteiger partial charge in [-0.15, -0.1) is 0 Å². The zero-order valence-electron chi connectivity index (χ0n) is 14.1. The first-order valence-electron chi connectivity index (χ1n) is 8.32. The molecule has 0 aromatic heterocycles. The van der Waals surface area contributed by atoms with Crippen molar-refractivity contribution in [2.45, 2.75) is 51.6 Å². The molecule has 5 nitrogen and oxygen atoms in total. The number of carbonyl (C=O) groups excluding carboxylic acids is 2. The maximum Gasteiger partial charge on any atom is 0.322 e. The normalized spacial score (nSPS) is 21.3. The molecule has 23 heavy (non-hydrogen) atoms. The van der Waals surface area contributed by atoms with E-state index in [9.17, 15) is 9.59 Å². The second kappa shape index (κ2) is 5.87. The third kappa shape index (κ3) is 3.19. The fourth-order valence-corrected chi connectivity index (χ4v) is 3.45. The molecule has 5 heteroatoms. The van der Waals surface area contributed by atoms with Crippen LogP contribution in [0, 0.1) is 0 Å². The van der Waals surface area contributed by atoms with Crippen LogP contribution in [0.5, 0.6) is 0 Å². The first-order chi connectivity index (χ1) is 10.9. The van der Waals surface area contributed by atoms with Crippen LogP contribution in [0.15, 0.2) is 24.3 Å². The van der Waals surface area contributed by atoms with Crippen molar-refractivity contribution in [2.75, 3.05) is 18.0 Å². The van der Waals surface area contributed by atoms with Crippen LogP contribution in [-0.2, 0) is 11.2 Å². The average Bonchev–Trinajstić information content (AvgIpc) is 2.87. The number of aryl methyl sites for hydroxylation is 1. The van der Waals surface area contributed by atoms with Gasteiger partial charge in [0.25, 0.3) is 0 Å². The predicted molar refractivity (Wildman–Crippen MR) is 90.5 cm³/mol. The summed E-state index contributed by atoms with van der Waals surface area (Å²) in [6.07, 6.45) is 2.38. The van der Waals surface area contributed by atoms with Crippen molar-refractivity contribution in [3.8, 4) is 0 Å². The van der Waals surface area contributed by atoms with Gasteiger partial charge >= 0.3 is 6.03 Å². The van der Waals surface area contributed by atoms with E-state index in [0.29, 0.717) is 13.0 Å². The molecule has 0 saturated carbocycles. The summed E-state index contributed by atoms with van der Waals surface area (Å²) in [5.41, 5.74) is 2.01. The number of hydrogen-bond donors (Lipinski definition) is 1. The summed E-state index contributed by atoms with van der Waals surface area (Å²) >= 11 is 0. The Morgan fingerprint density at radius 1 is 1.26 bits per heavy atom. The number of urea groups is 1. The third-order valence-corrected chi connectivity index (χ3v) is 4.62. The van der Waals surface area contributed by atoms with Crippen LogP contribution in [0.2, 0.25) is 0 Å². The number of para-hydroxylation sites is 1. The van der Waals surface area contributed by atoms with Gasteiger partial charge in [-0.1, -0.05) is 18.2 Å². The fraction of sp³-hybridized carbons (Fsp3) is 0.556. The van der Waals surface area contributed by atoms with Crippen molar-refractivity contribution in [3.05, 3.63) is 29.8 Å². The molecule has 0 aliphatic carbocycles. The molecule has 124 valence electrons. The standard InChI is InChI=1S/C18H25N3O2/c1-18(2,3)21-12-14(11-16(21)22)19-17(23)20-10-6-8-13-7-4-5-9-15(13)20/h4-5,7,9,14H,6,8,10-12H2,1-3H3,(H,19,23). The molecule has 2 aliphatic rings. The molecule has 1 fully saturated rings. The minimum absolute atomic E-state index is 0.0919. The van der Waals surface area contributed by atoms with Crippen LogP contribution in [0.3, 0.4) is 0 Å². The third-order valence-electron chi connectivity index (χ3n) is 4.62. The number of hydrogen-bond acceptors (Lipinski definition) is 2. The Kier molecular flexibility index (Phi) is 4.04. The van der Waals surface area contributed by atoms with Gasteiger partial charge in [0.1, 0.15) is 0 Å². The van der Waals surface area contributed by atoms with E-state index < -0.39 is 0 Å². The van der Waals surface area contributed by atoms with Crippen molar-refractivity contribution in [1.82, 2.24) is 10.2 Å². The van der Waals surface area contributed by atoms with Crippen LogP contribution < -0.4 is 10.2 Å². The highest BCUT2D eigenvalue weighted by molar-refractivity contribution is 5.94. The van der Waals surface area contributed by atoms with E-state index in [0.717, 1.165) is 25.1 Å². The quantitative estimate of drug-likeness (QED) is 0.866. The Morgan fingerprint density at radius 3 is 2.70 bits per heavy atom. The summed E-state index contributed by atoms with van der Waals surface area (Å²) in [5, 5.41) is 3.05. The van der Waals surface area contributed by atoms with Gasteiger partial charge in [-0.05, 0) is 45.2 Å². The molecule has 1 saturated heterocycles. The largest absolute Gasteiger partial charge is 0.336 e. The van der Waals surface area contributed by atoms with Gasteiger partial charge in [-0.2, -0.15) is 0 Å². The minimum atomic E-state index is -0.200. The summed E-state index contributed by atoms with van der Waals surface area (Å²) in [7, 11) is 0. The molecule has 2 heterocycles. The zero-order chi connectivity index (χ0) is 16.6. The lowest BCUT2D eigenvalue weighted by atomic mass is 10.0. The number of likely N-dealkylation sites (tertiary alicyclic amines) is 1. The van der Waals surface area contributed by atoms with E-state index in [1.54, 1.807) is 0 Å². The summed E-state index contributed by atoms with van der Waals surface area (Å²) < 4.78 is 0. The Morgan fingerprint density at radius 2 is 2.00 bits per heavy atom. The molecular weight excluding hydrogens is 290 g/mol. The Hall–Kier alpha value is -2.04. The molecule has 1 N–H and O–H groups in total. The monoisotopic (exact) mass is 315 g/mol. The van der Waals surface area contributed by atoms with Crippen LogP contribution in [0.4, 0.5) is 10.5 Å². The number of amides is 3. The van der Waals surface area contributed by atoms with E-state index in [1.807, 2.05) is 48.8 Å². The second-order valence-corrected chi connectivity index (χ2v) is 7.41. The van der Waals surface area contributed by atoms with Crippen molar-refractivity contribution in [3.63, 3.8) is 0 Å². The summed E-state index contributed by atoms with van der Waals surface area (Å²) in [5.74, 6) is 0.113. The highest BCUT2D eigenvalue weighted by atomic mass is 16.2. The Balaban J connectivity index is 1.68. The highest BCUT2D eigenvalue weighted by Gasteiger charge is 2.37. The molecule has 1 atom stereocenters. The van der Waals surface area contributed by atoms with Crippen molar-refractivity contribution >= 4 is 17.6 Å². The van der Waals surface area contributed by atoms with E-state index in [1.165, 1.54) is 5.56 Å². The van der Waals surface area contributed by atoms with Gasteiger partial charge in [0, 0.05) is 30.7 Å². The minimum Gasteiger partial charge on any atom is -0.336 e. The van der Waals surface area contributed by atoms with Gasteiger partial charge < -0.3 is 10.2 Å². The maximum atomic E-state index is 12.7. The molecule has 0 bridgehead atoms. The van der Waals surface area contributed by atoms with Crippen LogP contribution in [0.1, 0.15) is 39.2 Å². The number of rotatable bonds is 1. The van der Waals surface area contributed by atoms with Gasteiger partial charge in [0.2, 0.25) is 5.91 Å². The Bertz CT molecular complexity index is 621. The molecule has 1 unspecified atom stereocenters. The lowest BCUT2D eigenvalue weighted by Gasteiger charge is -2.33. The second-order valence-electron chi connectivity index (χ2n) is 7.41. The van der Waals surface area contributed by atoms with Crippen molar-refractivity contribution in [1.29, 1.82) is 0 Å². The molecule has 3 rings (SSSR count). The van der Waals surface area contributed by atoms with Gasteiger partial charge in [0.05, 0.1) is 6.04 Å². The topological polar surface area (TPSA) is 52.7 Å². The van der Waals surface area contributed by atoms with Gasteiger partial charge in [-0.3, -0.25) is 9.69 Å². The Labute approximate surface area is 137 Å². The van der Waals surface area contributed by atoms with E-state index in [-0.39, 0.29) is 23.5 Å². The van der Waals surface area contributed by atoms with Gasteiger partial charge in [-0.25, -0.2) is 4.79 Å². The van der Waals surface area contributed by atoms with Gasteiger partial charge in [0.15, 0.2) is 0 Å². The molecule has 2 aliphatic heterocycles. The summed E-state index contributed by atoms with van der Waals surface area (Å²) in [4.78, 5) is 28.5. The predicted octanol–water partition coefficient (Wildman–Crippen LogP) is 2.55. The average molecular weight is 315 g/mol. The summed E-state index contributed by atoms with van der Waals surface area (Å²) in [6.45, 7) is 7.39. The van der Waals surface area contributed by atoms with Crippen LogP contribution in [0.25, 0.3) is 0 Å².